The number of aliphatic hydroxyl groups excluding tert-OH is 1. The van der Waals surface area contributed by atoms with Gasteiger partial charge >= 0.3 is 5.97 Å². The summed E-state index contributed by atoms with van der Waals surface area (Å²) in [7, 11) is 0. The molecular formula is C26H26N4O4S. The number of anilines is 2. The molecule has 3 aliphatic heterocycles. The summed E-state index contributed by atoms with van der Waals surface area (Å²) in [5, 5.41) is 17.1. The maximum absolute atomic E-state index is 13.8. The highest BCUT2D eigenvalue weighted by Crippen LogP contribution is 2.46. The highest BCUT2D eigenvalue weighted by atomic mass is 32.1. The van der Waals surface area contributed by atoms with E-state index in [0.29, 0.717) is 36.5 Å². The van der Waals surface area contributed by atoms with Crippen LogP contribution in [-0.4, -0.2) is 32.3 Å². The molecule has 0 unspecified atom stereocenters. The zero-order valence-corrected chi connectivity index (χ0v) is 20.3. The number of pyridine rings is 2. The first-order valence-corrected chi connectivity index (χ1v) is 12.5. The van der Waals surface area contributed by atoms with Gasteiger partial charge in [0.1, 0.15) is 6.61 Å². The van der Waals surface area contributed by atoms with Crippen LogP contribution in [-0.2, 0) is 28.1 Å². The number of rotatable bonds is 6. The van der Waals surface area contributed by atoms with Gasteiger partial charge in [-0.25, -0.2) is 4.98 Å². The average Bonchev–Trinajstić information content (AvgIpc) is 3.22. The van der Waals surface area contributed by atoms with Crippen molar-refractivity contribution in [2.45, 2.75) is 57.6 Å². The summed E-state index contributed by atoms with van der Waals surface area (Å²) in [6.07, 6.45) is 3.38. The number of ether oxygens (including phenoxy) is 1. The Morgan fingerprint density at radius 3 is 2.86 bits per heavy atom. The van der Waals surface area contributed by atoms with Crippen molar-refractivity contribution in [1.82, 2.24) is 9.55 Å². The number of thiocarbonyl (C=S) groups is 1. The normalized spacial score (nSPS) is 19.5. The molecule has 3 aromatic rings. The van der Waals surface area contributed by atoms with Gasteiger partial charge in [-0.15, -0.1) is 0 Å². The minimum atomic E-state index is -0.872. The number of cyclic esters (lactones) is 1. The van der Waals surface area contributed by atoms with Gasteiger partial charge in [-0.3, -0.25) is 9.59 Å². The third kappa shape index (κ3) is 3.14. The number of nitrogens with zero attached hydrogens (tertiary/aromatic N) is 2. The Kier molecular flexibility index (Phi) is 5.16. The first-order valence-electron chi connectivity index (χ1n) is 12.1. The Labute approximate surface area is 207 Å². The number of carbonyl (C=O) groups is 1. The molecule has 0 bridgehead atoms. The predicted octanol–water partition coefficient (Wildman–Crippen LogP) is 3.80. The largest absolute Gasteiger partial charge is 0.460 e. The molecule has 8 nitrogen and oxygen atoms in total. The first-order chi connectivity index (χ1) is 17.0. The quantitative estimate of drug-likeness (QED) is 0.213. The van der Waals surface area contributed by atoms with Crippen molar-refractivity contribution in [2.75, 3.05) is 17.2 Å². The van der Waals surface area contributed by atoms with Crippen molar-refractivity contribution in [2.24, 2.45) is 0 Å². The topological polar surface area (TPSA) is 105 Å². The first kappa shape index (κ1) is 22.2. The number of nitrogens with one attached hydrogen (secondary N) is 2. The summed E-state index contributed by atoms with van der Waals surface area (Å²) < 4.78 is 7.32. The van der Waals surface area contributed by atoms with E-state index in [2.05, 4.69) is 10.6 Å². The van der Waals surface area contributed by atoms with E-state index in [4.69, 9.17) is 27.0 Å². The molecule has 1 atom stereocenters. The third-order valence-electron chi connectivity index (χ3n) is 7.68. The van der Waals surface area contributed by atoms with E-state index in [0.717, 1.165) is 57.6 Å². The summed E-state index contributed by atoms with van der Waals surface area (Å²) >= 11 is 5.44. The van der Waals surface area contributed by atoms with E-state index in [1.165, 1.54) is 0 Å². The zero-order chi connectivity index (χ0) is 24.3. The Bertz CT molecular complexity index is 1480. The Morgan fingerprint density at radius 1 is 1.20 bits per heavy atom. The SMILES string of the molecule is CC[C@@]1(CCCCCO)C(=O)OCc2c1cc1n(c2=O)Cc2c-1nc1cccc3c1c2NC(=S)N3. The molecule has 3 aliphatic rings. The fraction of sp³-hybridized carbons (Fsp3) is 0.385. The van der Waals surface area contributed by atoms with Crippen LogP contribution < -0.4 is 16.2 Å². The van der Waals surface area contributed by atoms with Crippen LogP contribution >= 0.6 is 12.2 Å². The lowest BCUT2D eigenvalue weighted by molar-refractivity contribution is -0.155. The molecule has 1 aromatic carbocycles. The summed E-state index contributed by atoms with van der Waals surface area (Å²) in [6, 6.07) is 7.85. The Hall–Kier alpha value is -3.30. The van der Waals surface area contributed by atoms with E-state index in [1.54, 1.807) is 4.57 Å². The van der Waals surface area contributed by atoms with Gasteiger partial charge in [-0.2, -0.15) is 0 Å². The average molecular weight is 491 g/mol. The van der Waals surface area contributed by atoms with Gasteiger partial charge in [-0.05, 0) is 55.2 Å². The summed E-state index contributed by atoms with van der Waals surface area (Å²) in [4.78, 5) is 31.9. The van der Waals surface area contributed by atoms with Crippen molar-refractivity contribution in [1.29, 1.82) is 0 Å². The molecule has 0 aliphatic carbocycles. The monoisotopic (exact) mass is 490 g/mol. The second kappa shape index (κ2) is 8.13. The van der Waals surface area contributed by atoms with Crippen LogP contribution in [0.5, 0.6) is 0 Å². The number of aliphatic hydroxyl groups is 1. The smallest absolute Gasteiger partial charge is 0.316 e. The fourth-order valence-corrected chi connectivity index (χ4v) is 6.06. The number of aromatic nitrogens is 2. The second-order valence-electron chi connectivity index (χ2n) is 9.45. The van der Waals surface area contributed by atoms with Crippen LogP contribution in [0.25, 0.3) is 22.3 Å². The molecule has 0 fully saturated rings. The maximum atomic E-state index is 13.8. The second-order valence-corrected chi connectivity index (χ2v) is 9.86. The van der Waals surface area contributed by atoms with Gasteiger partial charge in [0.2, 0.25) is 0 Å². The van der Waals surface area contributed by atoms with E-state index in [-0.39, 0.29) is 24.7 Å². The standard InChI is InChI=1S/C26H26N4O4S/c1-2-26(9-4-3-5-10-31)16-11-19-21-14(12-30(19)23(32)15(16)13-34-24(26)33)22-20-17(27-21)7-6-8-18(20)28-25(35)29-22/h6-8,11,31H,2-5,9-10,12-13H2,1H3,(H2,28,29,35)/t26-/m0/s1. The predicted molar refractivity (Wildman–Crippen MR) is 138 cm³/mol. The Balaban J connectivity index is 1.55. The van der Waals surface area contributed by atoms with E-state index < -0.39 is 5.41 Å². The molecule has 6 rings (SSSR count). The van der Waals surface area contributed by atoms with Crippen molar-refractivity contribution in [3.63, 3.8) is 0 Å². The highest BCUT2D eigenvalue weighted by molar-refractivity contribution is 7.80. The van der Waals surface area contributed by atoms with Crippen LogP contribution in [0.2, 0.25) is 0 Å². The van der Waals surface area contributed by atoms with E-state index in [1.807, 2.05) is 31.2 Å². The minimum Gasteiger partial charge on any atom is -0.460 e. The molecule has 3 N–H and O–H groups in total. The number of benzene rings is 1. The zero-order valence-electron chi connectivity index (χ0n) is 19.4. The summed E-state index contributed by atoms with van der Waals surface area (Å²) in [5.41, 5.74) is 5.27. The number of hydrogen-bond donors (Lipinski definition) is 3. The molecule has 180 valence electrons. The lowest BCUT2D eigenvalue weighted by Crippen LogP contribution is -2.44. The Morgan fingerprint density at radius 2 is 2.06 bits per heavy atom. The van der Waals surface area contributed by atoms with Gasteiger partial charge in [0.15, 0.2) is 5.11 Å². The van der Waals surface area contributed by atoms with Crippen LogP contribution in [0.1, 0.15) is 55.7 Å². The fourth-order valence-electron chi connectivity index (χ4n) is 5.84. The van der Waals surface area contributed by atoms with Crippen LogP contribution in [0.3, 0.4) is 0 Å². The summed E-state index contributed by atoms with van der Waals surface area (Å²) in [6.45, 7) is 2.46. The van der Waals surface area contributed by atoms with Crippen molar-refractivity contribution < 1.29 is 14.6 Å². The molecule has 0 amide bonds. The number of hydrogen-bond acceptors (Lipinski definition) is 6. The molecule has 0 spiro atoms. The molecule has 0 saturated carbocycles. The lowest BCUT2D eigenvalue weighted by Gasteiger charge is -2.36. The molecule has 5 heterocycles. The molecular weight excluding hydrogens is 464 g/mol. The van der Waals surface area contributed by atoms with Crippen LogP contribution in [0.15, 0.2) is 29.1 Å². The van der Waals surface area contributed by atoms with Gasteiger partial charge in [0.05, 0.1) is 45.8 Å². The number of fused-ring (bicyclic) bond motifs is 5. The van der Waals surface area contributed by atoms with Gasteiger partial charge in [0, 0.05) is 17.6 Å². The van der Waals surface area contributed by atoms with E-state index in [9.17, 15) is 9.59 Å². The van der Waals surface area contributed by atoms with Crippen LogP contribution in [0.4, 0.5) is 11.4 Å². The molecule has 0 radical (unpaired) electrons. The number of unbranched alkanes of at least 4 members (excludes halogenated alkanes) is 2. The van der Waals surface area contributed by atoms with Gasteiger partial charge in [-0.1, -0.05) is 25.8 Å². The maximum Gasteiger partial charge on any atom is 0.316 e. The van der Waals surface area contributed by atoms with Crippen molar-refractivity contribution >= 4 is 45.6 Å². The minimum absolute atomic E-state index is 0.0132. The molecule has 35 heavy (non-hydrogen) atoms. The molecule has 0 saturated heterocycles. The summed E-state index contributed by atoms with van der Waals surface area (Å²) in [5.74, 6) is -0.275. The van der Waals surface area contributed by atoms with Crippen molar-refractivity contribution in [3.8, 4) is 11.4 Å². The third-order valence-corrected chi connectivity index (χ3v) is 7.88. The van der Waals surface area contributed by atoms with Crippen LogP contribution in [0, 0.1) is 0 Å². The number of carbonyl (C=O) groups excluding carboxylic acids is 1. The lowest BCUT2D eigenvalue weighted by atomic mass is 9.71. The van der Waals surface area contributed by atoms with Gasteiger partial charge < -0.3 is 25.0 Å². The van der Waals surface area contributed by atoms with E-state index >= 15 is 0 Å². The number of esters is 1. The highest BCUT2D eigenvalue weighted by Gasteiger charge is 2.46. The van der Waals surface area contributed by atoms with Gasteiger partial charge in [0.25, 0.3) is 5.56 Å². The molecule has 9 heteroatoms. The van der Waals surface area contributed by atoms with Crippen molar-refractivity contribution in [3.05, 3.63) is 51.3 Å². The molecule has 2 aromatic heterocycles.